The topological polar surface area (TPSA) is 71.0 Å². The number of nitrogens with one attached hydrogen (secondary N) is 1. The van der Waals surface area contributed by atoms with Crippen LogP contribution in [0.4, 0.5) is 24.5 Å². The van der Waals surface area contributed by atoms with E-state index in [9.17, 15) is 22.8 Å². The van der Waals surface area contributed by atoms with Gasteiger partial charge in [0.1, 0.15) is 0 Å². The third-order valence-electron chi connectivity index (χ3n) is 4.27. The van der Waals surface area contributed by atoms with Crippen LogP contribution < -0.4 is 10.3 Å². The fourth-order valence-electron chi connectivity index (χ4n) is 2.79. The second-order valence-electron chi connectivity index (χ2n) is 6.57. The van der Waals surface area contributed by atoms with Crippen molar-refractivity contribution in [1.29, 1.82) is 0 Å². The molecular formula is C20H17ClF3N3O3. The minimum Gasteiger partial charge on any atom is -0.452 e. The Hall–Kier alpha value is -3.07. The third kappa shape index (κ3) is 5.29. The van der Waals surface area contributed by atoms with Crippen molar-refractivity contribution in [3.05, 3.63) is 58.6 Å². The van der Waals surface area contributed by atoms with Gasteiger partial charge in [0, 0.05) is 23.7 Å². The summed E-state index contributed by atoms with van der Waals surface area (Å²) in [4.78, 5) is 24.1. The summed E-state index contributed by atoms with van der Waals surface area (Å²) < 4.78 is 44.1. The Morgan fingerprint density at radius 2 is 1.90 bits per heavy atom. The van der Waals surface area contributed by atoms with Gasteiger partial charge in [0.05, 0.1) is 22.5 Å². The fraction of sp³-hybridized carbons (Fsp3) is 0.250. The summed E-state index contributed by atoms with van der Waals surface area (Å²) in [5.74, 6) is -1.68. The Balaban J connectivity index is 1.58. The number of benzene rings is 2. The first-order chi connectivity index (χ1) is 14.1. The predicted molar refractivity (Wildman–Crippen MR) is 107 cm³/mol. The normalized spacial score (nSPS) is 13.8. The summed E-state index contributed by atoms with van der Waals surface area (Å²) in [6, 6.07) is 9.40. The molecule has 2 aromatic carbocycles. The summed E-state index contributed by atoms with van der Waals surface area (Å²) in [5.41, 5.74) is 0.459. The van der Waals surface area contributed by atoms with E-state index in [2.05, 4.69) is 10.4 Å². The summed E-state index contributed by atoms with van der Waals surface area (Å²) in [6.07, 6.45) is -3.84. The lowest BCUT2D eigenvalue weighted by Gasteiger charge is -2.15. The molecule has 0 spiro atoms. The number of amides is 1. The Morgan fingerprint density at radius 1 is 1.20 bits per heavy atom. The molecule has 1 N–H and O–H groups in total. The Morgan fingerprint density at radius 3 is 2.50 bits per heavy atom. The molecule has 10 heteroatoms. The minimum absolute atomic E-state index is 0.120. The van der Waals surface area contributed by atoms with Gasteiger partial charge < -0.3 is 10.1 Å². The molecule has 1 aliphatic rings. The van der Waals surface area contributed by atoms with E-state index in [0.717, 1.165) is 30.4 Å². The van der Waals surface area contributed by atoms with Gasteiger partial charge in [0.2, 0.25) is 0 Å². The standard InChI is InChI=1S/C20H17ClF3N3O3/c1-12-8-9-27(26-12)15-5-2-13(3-6-15)19(29)30-11-18(28)25-17-7-4-14(21)10-16(17)20(22,23)24/h2-7,10H,8-9,11H2,1H3,(H,25,28). The molecule has 3 rings (SSSR count). The van der Waals surface area contributed by atoms with Gasteiger partial charge in [-0.25, -0.2) is 4.79 Å². The quantitative estimate of drug-likeness (QED) is 0.683. The lowest BCUT2D eigenvalue weighted by molar-refractivity contribution is -0.137. The monoisotopic (exact) mass is 439 g/mol. The van der Waals surface area contributed by atoms with Gasteiger partial charge in [-0.05, 0) is 49.4 Å². The maximum Gasteiger partial charge on any atom is 0.418 e. The number of alkyl halides is 3. The Labute approximate surface area is 175 Å². The summed E-state index contributed by atoms with van der Waals surface area (Å²) in [7, 11) is 0. The van der Waals surface area contributed by atoms with Crippen LogP contribution in [0.25, 0.3) is 0 Å². The van der Waals surface area contributed by atoms with E-state index in [1.54, 1.807) is 12.1 Å². The second-order valence-corrected chi connectivity index (χ2v) is 7.00. The van der Waals surface area contributed by atoms with Crippen molar-refractivity contribution < 1.29 is 27.5 Å². The van der Waals surface area contributed by atoms with Crippen molar-refractivity contribution >= 4 is 40.6 Å². The van der Waals surface area contributed by atoms with Gasteiger partial charge >= 0.3 is 12.1 Å². The van der Waals surface area contributed by atoms with E-state index in [1.165, 1.54) is 18.2 Å². The number of hydrogen-bond donors (Lipinski definition) is 1. The van der Waals surface area contributed by atoms with Crippen molar-refractivity contribution in [3.63, 3.8) is 0 Å². The number of hydrazone groups is 1. The van der Waals surface area contributed by atoms with Crippen molar-refractivity contribution in [3.8, 4) is 0 Å². The lowest BCUT2D eigenvalue weighted by atomic mass is 10.1. The van der Waals surface area contributed by atoms with Gasteiger partial charge in [-0.2, -0.15) is 18.3 Å². The smallest absolute Gasteiger partial charge is 0.418 e. The number of hydrogen-bond acceptors (Lipinski definition) is 5. The van der Waals surface area contributed by atoms with Crippen LogP contribution in [0.5, 0.6) is 0 Å². The first kappa shape index (κ1) is 21.6. The molecule has 0 aromatic heterocycles. The molecule has 6 nitrogen and oxygen atoms in total. The maximum absolute atomic E-state index is 13.1. The van der Waals surface area contributed by atoms with Crippen LogP contribution in [0, 0.1) is 0 Å². The number of ether oxygens (including phenoxy) is 1. The van der Waals surface area contributed by atoms with Crippen LogP contribution in [-0.4, -0.2) is 30.7 Å². The van der Waals surface area contributed by atoms with E-state index >= 15 is 0 Å². The van der Waals surface area contributed by atoms with Crippen molar-refractivity contribution in [2.75, 3.05) is 23.5 Å². The van der Waals surface area contributed by atoms with Crippen LogP contribution in [0.15, 0.2) is 47.6 Å². The number of nitrogens with zero attached hydrogens (tertiary/aromatic N) is 2. The Kier molecular flexibility index (Phi) is 6.31. The molecule has 1 aliphatic heterocycles. The highest BCUT2D eigenvalue weighted by atomic mass is 35.5. The molecule has 0 unspecified atom stereocenters. The van der Waals surface area contributed by atoms with Crippen LogP contribution >= 0.6 is 11.6 Å². The molecule has 2 aromatic rings. The number of esters is 1. The molecule has 0 radical (unpaired) electrons. The van der Waals surface area contributed by atoms with E-state index in [-0.39, 0.29) is 10.6 Å². The van der Waals surface area contributed by atoms with Crippen LogP contribution in [0.3, 0.4) is 0 Å². The molecule has 30 heavy (non-hydrogen) atoms. The zero-order chi connectivity index (χ0) is 21.9. The van der Waals surface area contributed by atoms with Gasteiger partial charge in [-0.3, -0.25) is 9.80 Å². The SMILES string of the molecule is CC1=NN(c2ccc(C(=O)OCC(=O)Nc3ccc(Cl)cc3C(F)(F)F)cc2)CC1. The van der Waals surface area contributed by atoms with E-state index in [1.807, 2.05) is 11.9 Å². The first-order valence-corrected chi connectivity index (χ1v) is 9.26. The second kappa shape index (κ2) is 8.74. The van der Waals surface area contributed by atoms with Crippen LogP contribution in [-0.2, 0) is 15.7 Å². The van der Waals surface area contributed by atoms with Crippen LogP contribution in [0.1, 0.15) is 29.3 Å². The molecule has 0 fully saturated rings. The molecule has 1 amide bonds. The molecule has 0 atom stereocenters. The van der Waals surface area contributed by atoms with Crippen LogP contribution in [0.2, 0.25) is 5.02 Å². The van der Waals surface area contributed by atoms with Gasteiger partial charge in [-0.15, -0.1) is 0 Å². The summed E-state index contributed by atoms with van der Waals surface area (Å²) in [6.45, 7) is 1.94. The number of halogens is 4. The van der Waals surface area contributed by atoms with E-state index < -0.39 is 35.9 Å². The number of anilines is 2. The highest BCUT2D eigenvalue weighted by Gasteiger charge is 2.34. The molecule has 0 saturated heterocycles. The van der Waals surface area contributed by atoms with Gasteiger partial charge in [-0.1, -0.05) is 11.6 Å². The van der Waals surface area contributed by atoms with E-state index in [4.69, 9.17) is 16.3 Å². The molecule has 0 bridgehead atoms. The first-order valence-electron chi connectivity index (χ1n) is 8.89. The predicted octanol–water partition coefficient (Wildman–Crippen LogP) is 4.74. The van der Waals surface area contributed by atoms with Gasteiger partial charge in [0.15, 0.2) is 6.61 Å². The third-order valence-corrected chi connectivity index (χ3v) is 4.51. The fourth-order valence-corrected chi connectivity index (χ4v) is 2.96. The number of carbonyl (C=O) groups is 2. The average molecular weight is 440 g/mol. The molecule has 0 aliphatic carbocycles. The number of carbonyl (C=O) groups excluding carboxylic acids is 2. The Bertz CT molecular complexity index is 991. The van der Waals surface area contributed by atoms with Gasteiger partial charge in [0.25, 0.3) is 5.91 Å². The highest BCUT2D eigenvalue weighted by molar-refractivity contribution is 6.30. The molecule has 158 valence electrons. The lowest BCUT2D eigenvalue weighted by Crippen LogP contribution is -2.22. The summed E-state index contributed by atoms with van der Waals surface area (Å²) in [5, 5.41) is 8.13. The molecular weight excluding hydrogens is 423 g/mol. The maximum atomic E-state index is 13.1. The highest BCUT2D eigenvalue weighted by Crippen LogP contribution is 2.36. The summed E-state index contributed by atoms with van der Waals surface area (Å²) >= 11 is 5.60. The minimum atomic E-state index is -4.70. The molecule has 0 saturated carbocycles. The average Bonchev–Trinajstić information content (AvgIpc) is 3.13. The zero-order valence-corrected chi connectivity index (χ0v) is 16.5. The van der Waals surface area contributed by atoms with Crippen molar-refractivity contribution in [2.45, 2.75) is 19.5 Å². The molecule has 1 heterocycles. The van der Waals surface area contributed by atoms with E-state index in [0.29, 0.717) is 6.07 Å². The zero-order valence-electron chi connectivity index (χ0n) is 15.8. The van der Waals surface area contributed by atoms with Crippen molar-refractivity contribution in [1.82, 2.24) is 0 Å². The van der Waals surface area contributed by atoms with Crippen molar-refractivity contribution in [2.24, 2.45) is 5.10 Å². The number of rotatable bonds is 5. The largest absolute Gasteiger partial charge is 0.452 e.